The van der Waals surface area contributed by atoms with Crippen LogP contribution in [0.25, 0.3) is 0 Å². The second-order valence-electron chi connectivity index (χ2n) is 4.89. The SMILES string of the molecule is O=C(NCC1CCSCC1)Nc1cc(C(=O)O)ccc1Br. The van der Waals surface area contributed by atoms with Gasteiger partial charge in [0.1, 0.15) is 0 Å². The van der Waals surface area contributed by atoms with Gasteiger partial charge in [0.25, 0.3) is 0 Å². The van der Waals surface area contributed by atoms with Crippen molar-refractivity contribution in [2.75, 3.05) is 23.4 Å². The lowest BCUT2D eigenvalue weighted by atomic mass is 10.0. The van der Waals surface area contributed by atoms with Gasteiger partial charge in [0, 0.05) is 11.0 Å². The number of carboxylic acids is 1. The molecule has 7 heteroatoms. The zero-order chi connectivity index (χ0) is 15.2. The van der Waals surface area contributed by atoms with Crippen LogP contribution in [-0.2, 0) is 0 Å². The molecular weight excluding hydrogens is 356 g/mol. The predicted molar refractivity (Wildman–Crippen MR) is 88.2 cm³/mol. The number of hydrogen-bond donors (Lipinski definition) is 3. The number of carbonyl (C=O) groups excluding carboxylic acids is 1. The Morgan fingerprint density at radius 1 is 1.33 bits per heavy atom. The number of halogens is 1. The number of aromatic carboxylic acids is 1. The summed E-state index contributed by atoms with van der Waals surface area (Å²) < 4.78 is 0.650. The van der Waals surface area contributed by atoms with Crippen molar-refractivity contribution in [1.82, 2.24) is 5.32 Å². The molecule has 0 atom stereocenters. The van der Waals surface area contributed by atoms with E-state index in [-0.39, 0.29) is 11.6 Å². The summed E-state index contributed by atoms with van der Waals surface area (Å²) in [6, 6.07) is 4.21. The van der Waals surface area contributed by atoms with Crippen LogP contribution >= 0.6 is 27.7 Å². The lowest BCUT2D eigenvalue weighted by Crippen LogP contribution is -2.34. The van der Waals surface area contributed by atoms with Gasteiger partial charge in [0.15, 0.2) is 0 Å². The number of thioether (sulfide) groups is 1. The first kappa shape index (κ1) is 16.2. The molecular formula is C14H17BrN2O3S. The maximum atomic E-state index is 11.9. The lowest BCUT2D eigenvalue weighted by molar-refractivity contribution is 0.0697. The molecule has 1 saturated heterocycles. The summed E-state index contributed by atoms with van der Waals surface area (Å²) in [7, 11) is 0. The predicted octanol–water partition coefficient (Wildman–Crippen LogP) is 3.41. The third-order valence-electron chi connectivity index (χ3n) is 3.35. The van der Waals surface area contributed by atoms with E-state index < -0.39 is 5.97 Å². The molecule has 21 heavy (non-hydrogen) atoms. The fraction of sp³-hybridized carbons (Fsp3) is 0.429. The van der Waals surface area contributed by atoms with E-state index in [9.17, 15) is 9.59 Å². The Morgan fingerprint density at radius 3 is 2.71 bits per heavy atom. The molecule has 0 aliphatic carbocycles. The zero-order valence-corrected chi connectivity index (χ0v) is 13.8. The molecule has 0 radical (unpaired) electrons. The normalized spacial score (nSPS) is 15.5. The third-order valence-corrected chi connectivity index (χ3v) is 5.09. The number of carbonyl (C=O) groups is 2. The number of rotatable bonds is 4. The molecule has 1 aliphatic heterocycles. The molecule has 0 spiro atoms. The topological polar surface area (TPSA) is 78.4 Å². The van der Waals surface area contributed by atoms with Crippen molar-refractivity contribution in [3.05, 3.63) is 28.2 Å². The Morgan fingerprint density at radius 2 is 2.05 bits per heavy atom. The van der Waals surface area contributed by atoms with Crippen LogP contribution in [0, 0.1) is 5.92 Å². The lowest BCUT2D eigenvalue weighted by Gasteiger charge is -2.21. The van der Waals surface area contributed by atoms with Crippen LogP contribution in [-0.4, -0.2) is 35.2 Å². The highest BCUT2D eigenvalue weighted by Gasteiger charge is 2.15. The van der Waals surface area contributed by atoms with E-state index >= 15 is 0 Å². The molecule has 1 aromatic carbocycles. The Hall–Kier alpha value is -1.21. The maximum absolute atomic E-state index is 11.9. The molecule has 0 unspecified atom stereocenters. The molecule has 1 fully saturated rings. The van der Waals surface area contributed by atoms with Crippen molar-refractivity contribution < 1.29 is 14.7 Å². The van der Waals surface area contributed by atoms with E-state index in [0.717, 1.165) is 24.3 Å². The average molecular weight is 373 g/mol. The monoisotopic (exact) mass is 372 g/mol. The van der Waals surface area contributed by atoms with E-state index in [1.165, 1.54) is 12.1 Å². The van der Waals surface area contributed by atoms with Crippen molar-refractivity contribution in [3.8, 4) is 0 Å². The molecule has 0 saturated carbocycles. The zero-order valence-electron chi connectivity index (χ0n) is 11.4. The van der Waals surface area contributed by atoms with Crippen LogP contribution in [0.4, 0.5) is 10.5 Å². The standard InChI is InChI=1S/C14H17BrN2O3S/c15-11-2-1-10(13(18)19)7-12(11)17-14(20)16-8-9-3-5-21-6-4-9/h1-2,7,9H,3-6,8H2,(H,18,19)(H2,16,17,20). The summed E-state index contributed by atoms with van der Waals surface area (Å²) >= 11 is 5.25. The maximum Gasteiger partial charge on any atom is 0.335 e. The Labute approximate surface area is 136 Å². The van der Waals surface area contributed by atoms with E-state index in [0.29, 0.717) is 22.6 Å². The van der Waals surface area contributed by atoms with Crippen LogP contribution in [0.2, 0.25) is 0 Å². The first-order valence-corrected chi connectivity index (χ1v) is 8.66. The first-order valence-electron chi connectivity index (χ1n) is 6.71. The summed E-state index contributed by atoms with van der Waals surface area (Å²) in [5, 5.41) is 14.5. The van der Waals surface area contributed by atoms with Gasteiger partial charge >= 0.3 is 12.0 Å². The van der Waals surface area contributed by atoms with Gasteiger partial charge in [-0.3, -0.25) is 0 Å². The average Bonchev–Trinajstić information content (AvgIpc) is 2.48. The van der Waals surface area contributed by atoms with Gasteiger partial charge in [-0.2, -0.15) is 11.8 Å². The van der Waals surface area contributed by atoms with Gasteiger partial charge in [0.05, 0.1) is 11.3 Å². The fourth-order valence-electron chi connectivity index (χ4n) is 2.11. The smallest absolute Gasteiger partial charge is 0.335 e. The van der Waals surface area contributed by atoms with Crippen LogP contribution in [0.5, 0.6) is 0 Å². The van der Waals surface area contributed by atoms with Crippen LogP contribution < -0.4 is 10.6 Å². The molecule has 1 aliphatic rings. The number of carboxylic acid groups (broad SMARTS) is 1. The molecule has 5 nitrogen and oxygen atoms in total. The number of hydrogen-bond acceptors (Lipinski definition) is 3. The van der Waals surface area contributed by atoms with Crippen LogP contribution in [0.15, 0.2) is 22.7 Å². The minimum atomic E-state index is -1.02. The molecule has 1 aromatic rings. The van der Waals surface area contributed by atoms with E-state index in [1.807, 2.05) is 11.8 Å². The summed E-state index contributed by atoms with van der Waals surface area (Å²) in [5.74, 6) is 1.82. The van der Waals surface area contributed by atoms with Gasteiger partial charge in [-0.15, -0.1) is 0 Å². The highest BCUT2D eigenvalue weighted by atomic mass is 79.9. The summed E-state index contributed by atoms with van der Waals surface area (Å²) in [4.78, 5) is 22.8. The highest BCUT2D eigenvalue weighted by molar-refractivity contribution is 9.10. The van der Waals surface area contributed by atoms with Gasteiger partial charge in [-0.05, 0) is 64.4 Å². The Kier molecular flexibility index (Phi) is 5.93. The largest absolute Gasteiger partial charge is 0.478 e. The van der Waals surface area contributed by atoms with Gasteiger partial charge in [-0.1, -0.05) is 0 Å². The summed E-state index contributed by atoms with van der Waals surface area (Å²) in [6.07, 6.45) is 2.26. The quantitative estimate of drug-likeness (QED) is 0.756. The Bertz CT molecular complexity index is 533. The van der Waals surface area contributed by atoms with Crippen molar-refractivity contribution in [1.29, 1.82) is 0 Å². The molecule has 3 N–H and O–H groups in total. The molecule has 2 amide bonds. The summed E-state index contributed by atoms with van der Waals surface area (Å²) in [5.41, 5.74) is 0.587. The minimum absolute atomic E-state index is 0.137. The van der Waals surface area contributed by atoms with Crippen molar-refractivity contribution >= 4 is 45.4 Å². The number of nitrogens with one attached hydrogen (secondary N) is 2. The highest BCUT2D eigenvalue weighted by Crippen LogP contribution is 2.24. The number of urea groups is 1. The second-order valence-corrected chi connectivity index (χ2v) is 6.97. The van der Waals surface area contributed by atoms with Gasteiger partial charge in [0.2, 0.25) is 0 Å². The molecule has 2 rings (SSSR count). The van der Waals surface area contributed by atoms with Crippen molar-refractivity contribution in [2.45, 2.75) is 12.8 Å². The van der Waals surface area contributed by atoms with Crippen molar-refractivity contribution in [3.63, 3.8) is 0 Å². The number of amides is 2. The second kappa shape index (κ2) is 7.70. The van der Waals surface area contributed by atoms with E-state index in [4.69, 9.17) is 5.11 Å². The molecule has 1 heterocycles. The number of anilines is 1. The first-order chi connectivity index (χ1) is 10.1. The van der Waals surface area contributed by atoms with Gasteiger partial charge < -0.3 is 15.7 Å². The van der Waals surface area contributed by atoms with Gasteiger partial charge in [-0.25, -0.2) is 9.59 Å². The molecule has 114 valence electrons. The Balaban J connectivity index is 1.89. The van der Waals surface area contributed by atoms with Crippen LogP contribution in [0.1, 0.15) is 23.2 Å². The summed E-state index contributed by atoms with van der Waals surface area (Å²) in [6.45, 7) is 0.655. The van der Waals surface area contributed by atoms with E-state index in [1.54, 1.807) is 6.07 Å². The molecule has 0 aromatic heterocycles. The molecule has 0 bridgehead atoms. The van der Waals surface area contributed by atoms with Crippen LogP contribution in [0.3, 0.4) is 0 Å². The van der Waals surface area contributed by atoms with Crippen molar-refractivity contribution in [2.24, 2.45) is 5.92 Å². The van der Waals surface area contributed by atoms with E-state index in [2.05, 4.69) is 26.6 Å². The minimum Gasteiger partial charge on any atom is -0.478 e. The number of benzene rings is 1. The third kappa shape index (κ3) is 4.93. The fourth-order valence-corrected chi connectivity index (χ4v) is 3.66.